The van der Waals surface area contributed by atoms with Crippen molar-refractivity contribution in [2.24, 2.45) is 0 Å². The van der Waals surface area contributed by atoms with Crippen molar-refractivity contribution in [1.82, 2.24) is 0 Å². The van der Waals surface area contributed by atoms with Crippen molar-refractivity contribution in [2.75, 3.05) is 0 Å². The third-order valence-electron chi connectivity index (χ3n) is 1.34. The van der Waals surface area contributed by atoms with Gasteiger partial charge in [-0.2, -0.15) is 13.2 Å². The minimum atomic E-state index is -4.58. The fourth-order valence-corrected chi connectivity index (χ4v) is 0.819. The van der Waals surface area contributed by atoms with E-state index in [0.717, 1.165) is 12.1 Å². The third kappa shape index (κ3) is 1.64. The molecule has 0 aliphatic rings. The van der Waals surface area contributed by atoms with Crippen LogP contribution in [0.2, 0.25) is 0 Å². The van der Waals surface area contributed by atoms with E-state index >= 15 is 0 Å². The van der Waals surface area contributed by atoms with Crippen molar-refractivity contribution in [3.63, 3.8) is 0 Å². The normalized spacial score (nSPS) is 12.4. The van der Waals surface area contributed by atoms with Gasteiger partial charge in [-0.1, -0.05) is 18.2 Å². The van der Waals surface area contributed by atoms with Gasteiger partial charge < -0.3 is 0 Å². The van der Waals surface area contributed by atoms with Crippen molar-refractivity contribution < 1.29 is 19.3 Å². The number of carbonyl (C=O) groups excluding carboxylic acids is 1. The van der Waals surface area contributed by atoms with Gasteiger partial charge in [0.1, 0.15) is 1.37 Å². The molecule has 0 bridgehead atoms. The molecule has 1 aromatic rings. The first-order valence-electron chi connectivity index (χ1n) is 3.60. The molecule has 1 nitrogen and oxygen atoms in total. The summed E-state index contributed by atoms with van der Waals surface area (Å²) in [5.74, 6) is 0. The monoisotopic (exact) mass is 175 g/mol. The maximum absolute atomic E-state index is 12.2. The Kier molecular flexibility index (Phi) is 1.81. The molecule has 1 rings (SSSR count). The standard InChI is InChI=1S/C8H5F3O/c9-8(10,11)7-4-2-1-3-6(7)5-12/h1-5H/i5D. The SMILES string of the molecule is [2H]C(=O)c1ccccc1C(F)(F)F. The maximum Gasteiger partial charge on any atom is 0.417 e. The Balaban J connectivity index is 3.28. The lowest BCUT2D eigenvalue weighted by atomic mass is 10.1. The van der Waals surface area contributed by atoms with Gasteiger partial charge in [-0.05, 0) is 6.07 Å². The van der Waals surface area contributed by atoms with Crippen molar-refractivity contribution in [1.29, 1.82) is 0 Å². The molecule has 0 spiro atoms. The molecule has 0 unspecified atom stereocenters. The molecule has 0 saturated carbocycles. The molecule has 0 N–H and O–H groups in total. The van der Waals surface area contributed by atoms with Gasteiger partial charge in [-0.3, -0.25) is 4.79 Å². The molecular formula is C8H5F3O. The summed E-state index contributed by atoms with van der Waals surface area (Å²) in [6.45, 7) is 0. The van der Waals surface area contributed by atoms with Crippen LogP contribution in [0.25, 0.3) is 0 Å². The predicted molar refractivity (Wildman–Crippen MR) is 36.8 cm³/mol. The summed E-state index contributed by atoms with van der Waals surface area (Å²) in [5, 5.41) is 0. The first kappa shape index (κ1) is 7.34. The molecule has 0 saturated heterocycles. The second-order valence-electron chi connectivity index (χ2n) is 2.15. The average Bonchev–Trinajstić information content (AvgIpc) is 2.03. The van der Waals surface area contributed by atoms with E-state index in [1.165, 1.54) is 12.1 Å². The van der Waals surface area contributed by atoms with Crippen molar-refractivity contribution in [2.45, 2.75) is 6.18 Å². The minimum absolute atomic E-state index is 0.616. The van der Waals surface area contributed by atoms with E-state index in [0.29, 0.717) is 0 Å². The van der Waals surface area contributed by atoms with Crippen LogP contribution in [0.1, 0.15) is 17.3 Å². The number of aldehydes is 1. The van der Waals surface area contributed by atoms with Gasteiger partial charge in [0.2, 0.25) is 0 Å². The van der Waals surface area contributed by atoms with E-state index in [4.69, 9.17) is 1.37 Å². The Morgan fingerprint density at radius 1 is 1.33 bits per heavy atom. The summed E-state index contributed by atoms with van der Waals surface area (Å²) in [6, 6.07) is 4.23. The van der Waals surface area contributed by atoms with E-state index in [1.807, 2.05) is 0 Å². The van der Waals surface area contributed by atoms with Gasteiger partial charge in [-0.25, -0.2) is 0 Å². The molecule has 0 aliphatic heterocycles. The molecule has 0 amide bonds. The van der Waals surface area contributed by atoms with Crippen LogP contribution < -0.4 is 0 Å². The Bertz CT molecular complexity index is 332. The van der Waals surface area contributed by atoms with Crippen LogP contribution in [0.15, 0.2) is 24.3 Å². The van der Waals surface area contributed by atoms with Crippen LogP contribution in [0.5, 0.6) is 0 Å². The Labute approximate surface area is 68.2 Å². The fourth-order valence-electron chi connectivity index (χ4n) is 0.819. The number of alkyl halides is 3. The molecule has 0 fully saturated rings. The van der Waals surface area contributed by atoms with Crippen molar-refractivity contribution in [3.05, 3.63) is 35.4 Å². The minimum Gasteiger partial charge on any atom is -0.298 e. The van der Waals surface area contributed by atoms with Crippen LogP contribution in [0.4, 0.5) is 13.2 Å². The van der Waals surface area contributed by atoms with Gasteiger partial charge in [0.25, 0.3) is 0 Å². The molecule has 0 aromatic heterocycles. The van der Waals surface area contributed by atoms with E-state index in [1.54, 1.807) is 0 Å². The van der Waals surface area contributed by atoms with Crippen LogP contribution in [0.3, 0.4) is 0 Å². The highest BCUT2D eigenvalue weighted by Crippen LogP contribution is 2.30. The summed E-state index contributed by atoms with van der Waals surface area (Å²) < 4.78 is 43.1. The van der Waals surface area contributed by atoms with Crippen LogP contribution >= 0.6 is 0 Å². The highest BCUT2D eigenvalue weighted by molar-refractivity contribution is 5.77. The fraction of sp³-hybridized carbons (Fsp3) is 0.125. The zero-order chi connectivity index (χ0) is 10.1. The lowest BCUT2D eigenvalue weighted by Crippen LogP contribution is -2.08. The van der Waals surface area contributed by atoms with Gasteiger partial charge >= 0.3 is 6.18 Å². The third-order valence-corrected chi connectivity index (χ3v) is 1.34. The number of hydrogen-bond acceptors (Lipinski definition) is 1. The largest absolute Gasteiger partial charge is 0.417 e. The number of halogens is 3. The first-order chi connectivity index (χ1) is 5.93. The van der Waals surface area contributed by atoms with Gasteiger partial charge in [-0.15, -0.1) is 0 Å². The summed E-state index contributed by atoms with van der Waals surface area (Å²) >= 11 is 0. The van der Waals surface area contributed by atoms with E-state index < -0.39 is 23.6 Å². The molecule has 4 heteroatoms. The molecule has 0 heterocycles. The molecule has 12 heavy (non-hydrogen) atoms. The molecule has 0 radical (unpaired) electrons. The molecule has 0 atom stereocenters. The second kappa shape index (κ2) is 2.97. The highest BCUT2D eigenvalue weighted by atomic mass is 19.4. The number of carbonyl (C=O) groups is 1. The predicted octanol–water partition coefficient (Wildman–Crippen LogP) is 2.52. The van der Waals surface area contributed by atoms with Crippen LogP contribution in [-0.4, -0.2) is 6.26 Å². The summed E-state index contributed by atoms with van der Waals surface area (Å²) in [5.41, 5.74) is -1.68. The molecule has 64 valence electrons. The van der Waals surface area contributed by atoms with Crippen molar-refractivity contribution in [3.8, 4) is 0 Å². The summed E-state index contributed by atoms with van der Waals surface area (Å²) in [6.07, 6.45) is -5.90. The molecular weight excluding hydrogens is 169 g/mol. The zero-order valence-corrected chi connectivity index (χ0v) is 5.85. The smallest absolute Gasteiger partial charge is 0.298 e. The molecule has 0 aliphatic carbocycles. The lowest BCUT2D eigenvalue weighted by molar-refractivity contribution is -0.137. The second-order valence-corrected chi connectivity index (χ2v) is 2.15. The first-order valence-corrected chi connectivity index (χ1v) is 3.10. The Morgan fingerprint density at radius 2 is 1.92 bits per heavy atom. The van der Waals surface area contributed by atoms with Crippen LogP contribution in [-0.2, 0) is 6.18 Å². The van der Waals surface area contributed by atoms with Gasteiger partial charge in [0.05, 0.1) is 5.56 Å². The van der Waals surface area contributed by atoms with Gasteiger partial charge in [0, 0.05) is 5.56 Å². The van der Waals surface area contributed by atoms with Gasteiger partial charge in [0.15, 0.2) is 6.26 Å². The van der Waals surface area contributed by atoms with Crippen molar-refractivity contribution >= 4 is 6.26 Å². The summed E-state index contributed by atoms with van der Waals surface area (Å²) in [4.78, 5) is 10.5. The number of rotatable bonds is 1. The van der Waals surface area contributed by atoms with E-state index in [-0.39, 0.29) is 0 Å². The highest BCUT2D eigenvalue weighted by Gasteiger charge is 2.32. The topological polar surface area (TPSA) is 17.1 Å². The average molecular weight is 175 g/mol. The van der Waals surface area contributed by atoms with E-state index in [9.17, 15) is 18.0 Å². The quantitative estimate of drug-likeness (QED) is 0.599. The number of benzene rings is 1. The summed E-state index contributed by atoms with van der Waals surface area (Å²) in [7, 11) is 0. The molecule has 1 aromatic carbocycles. The lowest BCUT2D eigenvalue weighted by Gasteiger charge is -2.07. The zero-order valence-electron chi connectivity index (χ0n) is 6.85. The van der Waals surface area contributed by atoms with E-state index in [2.05, 4.69) is 0 Å². The Hall–Kier alpha value is -1.32. The maximum atomic E-state index is 12.2. The number of hydrogen-bond donors (Lipinski definition) is 0. The Morgan fingerprint density at radius 3 is 2.33 bits per heavy atom. The van der Waals surface area contributed by atoms with Crippen LogP contribution in [0, 0.1) is 0 Å².